The lowest BCUT2D eigenvalue weighted by Crippen LogP contribution is -2.43. The predicted octanol–water partition coefficient (Wildman–Crippen LogP) is 2.28. The molecule has 0 aromatic heterocycles. The van der Waals surface area contributed by atoms with Crippen molar-refractivity contribution in [2.45, 2.75) is 19.6 Å². The third-order valence-corrected chi connectivity index (χ3v) is 3.35. The highest BCUT2D eigenvalue weighted by Gasteiger charge is 2.24. The molecule has 1 aromatic rings. The molecule has 0 fully saturated rings. The number of fused-ring (bicyclic) bond motifs is 1. The first-order chi connectivity index (χ1) is 7.81. The molecule has 1 aliphatic rings. The first-order valence-corrected chi connectivity index (χ1v) is 6.61. The van der Waals surface area contributed by atoms with E-state index in [0.717, 1.165) is 17.9 Å². The second-order valence-electron chi connectivity index (χ2n) is 3.56. The highest BCUT2D eigenvalue weighted by molar-refractivity contribution is 7.99. The SMILES string of the molecule is CCSCCC1NC(=O)c2ccccc2O1. The largest absolute Gasteiger partial charge is 0.470 e. The van der Waals surface area contributed by atoms with E-state index in [1.165, 1.54) is 0 Å². The molecule has 0 saturated heterocycles. The normalized spacial score (nSPS) is 18.6. The molecule has 1 N–H and O–H groups in total. The number of amides is 1. The number of benzene rings is 1. The molecule has 4 heteroatoms. The Morgan fingerprint density at radius 3 is 3.06 bits per heavy atom. The summed E-state index contributed by atoms with van der Waals surface area (Å²) in [5.74, 6) is 2.76. The van der Waals surface area contributed by atoms with E-state index >= 15 is 0 Å². The number of hydrogen-bond donors (Lipinski definition) is 1. The van der Waals surface area contributed by atoms with Crippen LogP contribution < -0.4 is 10.1 Å². The minimum Gasteiger partial charge on any atom is -0.470 e. The van der Waals surface area contributed by atoms with Gasteiger partial charge in [-0.1, -0.05) is 19.1 Å². The van der Waals surface area contributed by atoms with Gasteiger partial charge in [0.2, 0.25) is 0 Å². The molecule has 0 bridgehead atoms. The van der Waals surface area contributed by atoms with Crippen LogP contribution in [0.2, 0.25) is 0 Å². The summed E-state index contributed by atoms with van der Waals surface area (Å²) in [5, 5.41) is 2.86. The fraction of sp³-hybridized carbons (Fsp3) is 0.417. The van der Waals surface area contributed by atoms with Gasteiger partial charge in [0.1, 0.15) is 5.75 Å². The van der Waals surface area contributed by atoms with Gasteiger partial charge in [-0.2, -0.15) is 11.8 Å². The third kappa shape index (κ3) is 2.50. The molecule has 16 heavy (non-hydrogen) atoms. The molecule has 86 valence electrons. The van der Waals surface area contributed by atoms with Crippen LogP contribution in [0.3, 0.4) is 0 Å². The number of rotatable bonds is 4. The summed E-state index contributed by atoms with van der Waals surface area (Å²) in [4.78, 5) is 11.7. The highest BCUT2D eigenvalue weighted by atomic mass is 32.2. The lowest BCUT2D eigenvalue weighted by molar-refractivity contribution is 0.0752. The second-order valence-corrected chi connectivity index (χ2v) is 4.96. The van der Waals surface area contributed by atoms with E-state index in [2.05, 4.69) is 12.2 Å². The number of para-hydroxylation sites is 1. The van der Waals surface area contributed by atoms with E-state index in [4.69, 9.17) is 4.74 Å². The van der Waals surface area contributed by atoms with Crippen LogP contribution >= 0.6 is 11.8 Å². The Morgan fingerprint density at radius 2 is 2.25 bits per heavy atom. The van der Waals surface area contributed by atoms with E-state index in [-0.39, 0.29) is 12.1 Å². The molecule has 1 unspecified atom stereocenters. The van der Waals surface area contributed by atoms with Crippen molar-refractivity contribution in [2.24, 2.45) is 0 Å². The number of carbonyl (C=O) groups is 1. The number of ether oxygens (including phenoxy) is 1. The van der Waals surface area contributed by atoms with Gasteiger partial charge in [0, 0.05) is 6.42 Å². The van der Waals surface area contributed by atoms with Gasteiger partial charge in [-0.15, -0.1) is 0 Å². The molecule has 0 aliphatic carbocycles. The molecule has 0 radical (unpaired) electrons. The molecule has 0 spiro atoms. The van der Waals surface area contributed by atoms with Gasteiger partial charge < -0.3 is 10.1 Å². The average Bonchev–Trinajstić information content (AvgIpc) is 2.30. The zero-order chi connectivity index (χ0) is 11.4. The molecule has 1 heterocycles. The van der Waals surface area contributed by atoms with E-state index in [0.29, 0.717) is 11.3 Å². The zero-order valence-corrected chi connectivity index (χ0v) is 10.0. The first kappa shape index (κ1) is 11.3. The first-order valence-electron chi connectivity index (χ1n) is 5.45. The lowest BCUT2D eigenvalue weighted by atomic mass is 10.1. The van der Waals surface area contributed by atoms with E-state index < -0.39 is 0 Å². The van der Waals surface area contributed by atoms with Crippen molar-refractivity contribution >= 4 is 17.7 Å². The standard InChI is InChI=1S/C12H15NO2S/c1-2-16-8-7-11-13-12(14)9-5-3-4-6-10(9)15-11/h3-6,11H,2,7-8H2,1H3,(H,13,14). The number of thioether (sulfide) groups is 1. The summed E-state index contributed by atoms with van der Waals surface area (Å²) >= 11 is 1.85. The van der Waals surface area contributed by atoms with Gasteiger partial charge in [-0.25, -0.2) is 0 Å². The summed E-state index contributed by atoms with van der Waals surface area (Å²) in [5.41, 5.74) is 0.627. The topological polar surface area (TPSA) is 38.3 Å². The molecule has 1 aliphatic heterocycles. The van der Waals surface area contributed by atoms with E-state index in [9.17, 15) is 4.79 Å². The minimum absolute atomic E-state index is 0.0339. The number of nitrogens with one attached hydrogen (secondary N) is 1. The van der Waals surface area contributed by atoms with Crippen molar-refractivity contribution in [3.8, 4) is 5.75 Å². The van der Waals surface area contributed by atoms with Gasteiger partial charge in [0.15, 0.2) is 6.23 Å². The molecule has 1 aromatic carbocycles. The molecular formula is C12H15NO2S. The van der Waals surface area contributed by atoms with Gasteiger partial charge in [0.05, 0.1) is 5.56 Å². The molecular weight excluding hydrogens is 222 g/mol. The van der Waals surface area contributed by atoms with Crippen molar-refractivity contribution in [3.63, 3.8) is 0 Å². The maximum Gasteiger partial charge on any atom is 0.257 e. The molecule has 1 amide bonds. The van der Waals surface area contributed by atoms with Crippen molar-refractivity contribution in [3.05, 3.63) is 29.8 Å². The number of carbonyl (C=O) groups excluding carboxylic acids is 1. The second kappa shape index (κ2) is 5.25. The summed E-state index contributed by atoms with van der Waals surface area (Å²) in [7, 11) is 0. The molecule has 1 atom stereocenters. The van der Waals surface area contributed by atoms with Gasteiger partial charge in [-0.3, -0.25) is 4.79 Å². The van der Waals surface area contributed by atoms with Crippen LogP contribution in [0, 0.1) is 0 Å². The van der Waals surface area contributed by atoms with Crippen LogP contribution in [0.5, 0.6) is 5.75 Å². The lowest BCUT2D eigenvalue weighted by Gasteiger charge is -2.26. The maximum atomic E-state index is 11.7. The summed E-state index contributed by atoms with van der Waals surface area (Å²) in [6.07, 6.45) is 0.667. The molecule has 3 nitrogen and oxygen atoms in total. The highest BCUT2D eigenvalue weighted by Crippen LogP contribution is 2.23. The monoisotopic (exact) mass is 237 g/mol. The summed E-state index contributed by atoms with van der Waals surface area (Å²) < 4.78 is 5.70. The van der Waals surface area contributed by atoms with Crippen LogP contribution in [0.15, 0.2) is 24.3 Å². The Bertz CT molecular complexity index is 381. The van der Waals surface area contributed by atoms with Crippen LogP contribution in [-0.4, -0.2) is 23.6 Å². The van der Waals surface area contributed by atoms with Crippen molar-refractivity contribution in [2.75, 3.05) is 11.5 Å². The minimum atomic E-state index is -0.179. The van der Waals surface area contributed by atoms with Crippen LogP contribution in [0.4, 0.5) is 0 Å². The van der Waals surface area contributed by atoms with E-state index in [1.54, 1.807) is 6.07 Å². The van der Waals surface area contributed by atoms with Crippen LogP contribution in [0.1, 0.15) is 23.7 Å². The third-order valence-electron chi connectivity index (χ3n) is 2.42. The number of hydrogen-bond acceptors (Lipinski definition) is 3. The van der Waals surface area contributed by atoms with Gasteiger partial charge in [0.25, 0.3) is 5.91 Å². The van der Waals surface area contributed by atoms with E-state index in [1.807, 2.05) is 30.0 Å². The fourth-order valence-electron chi connectivity index (χ4n) is 1.63. The van der Waals surface area contributed by atoms with Gasteiger partial charge >= 0.3 is 0 Å². The van der Waals surface area contributed by atoms with Crippen LogP contribution in [0.25, 0.3) is 0 Å². The quantitative estimate of drug-likeness (QED) is 0.816. The summed E-state index contributed by atoms with van der Waals surface area (Å²) in [6.45, 7) is 2.13. The van der Waals surface area contributed by atoms with Crippen molar-refractivity contribution in [1.82, 2.24) is 5.32 Å². The Hall–Kier alpha value is -1.16. The fourth-order valence-corrected chi connectivity index (χ4v) is 2.30. The van der Waals surface area contributed by atoms with Crippen molar-refractivity contribution in [1.29, 1.82) is 0 Å². The zero-order valence-electron chi connectivity index (χ0n) is 9.23. The molecule has 0 saturated carbocycles. The Kier molecular flexibility index (Phi) is 3.72. The Balaban J connectivity index is 2.01. The Labute approximate surface area is 99.6 Å². The molecule has 2 rings (SSSR count). The van der Waals surface area contributed by atoms with Gasteiger partial charge in [-0.05, 0) is 23.6 Å². The smallest absolute Gasteiger partial charge is 0.257 e. The van der Waals surface area contributed by atoms with Crippen molar-refractivity contribution < 1.29 is 9.53 Å². The Morgan fingerprint density at radius 1 is 1.44 bits per heavy atom. The average molecular weight is 237 g/mol. The maximum absolute atomic E-state index is 11.7. The predicted molar refractivity (Wildman–Crippen MR) is 65.9 cm³/mol. The van der Waals surface area contributed by atoms with Crippen LogP contribution in [-0.2, 0) is 0 Å². The summed E-state index contributed by atoms with van der Waals surface area (Å²) in [6, 6.07) is 7.35.